The second-order valence-electron chi connectivity index (χ2n) is 6.32. The van der Waals surface area contributed by atoms with Crippen molar-refractivity contribution < 1.29 is 19.5 Å². The minimum Gasteiger partial charge on any atom is -0.480 e. The molecule has 27 heavy (non-hydrogen) atoms. The fraction of sp³-hybridized carbons (Fsp3) is 0.286. The average Bonchev–Trinajstić information content (AvgIpc) is 2.66. The van der Waals surface area contributed by atoms with Crippen LogP contribution in [0.2, 0.25) is 0 Å². The first-order valence-electron chi connectivity index (χ1n) is 8.81. The minimum atomic E-state index is -1.11. The Hall–Kier alpha value is -3.15. The highest BCUT2D eigenvalue weighted by molar-refractivity contribution is 5.87. The van der Waals surface area contributed by atoms with Gasteiger partial charge in [-0.15, -0.1) is 0 Å². The fourth-order valence-corrected chi connectivity index (χ4v) is 2.72. The molecule has 2 aromatic rings. The van der Waals surface area contributed by atoms with Crippen molar-refractivity contribution in [3.63, 3.8) is 0 Å². The van der Waals surface area contributed by atoms with Crippen LogP contribution in [-0.4, -0.2) is 46.9 Å². The van der Waals surface area contributed by atoms with Gasteiger partial charge in [-0.3, -0.25) is 9.59 Å². The molecule has 6 nitrogen and oxygen atoms in total. The first-order chi connectivity index (χ1) is 13.0. The Kier molecular flexibility index (Phi) is 7.55. The van der Waals surface area contributed by atoms with Crippen LogP contribution in [0.5, 0.6) is 0 Å². The minimum absolute atomic E-state index is 0.166. The molecule has 0 heterocycles. The predicted octanol–water partition coefficient (Wildman–Crippen LogP) is 1.89. The van der Waals surface area contributed by atoms with Gasteiger partial charge in [-0.25, -0.2) is 4.79 Å². The molecule has 0 bridgehead atoms. The average molecular weight is 368 g/mol. The number of carboxylic acids is 1. The number of amides is 2. The molecule has 2 aromatic carbocycles. The van der Waals surface area contributed by atoms with Gasteiger partial charge in [-0.2, -0.15) is 0 Å². The summed E-state index contributed by atoms with van der Waals surface area (Å²) in [5.41, 5.74) is 1.88. The number of aliphatic carboxylic acids is 1. The summed E-state index contributed by atoms with van der Waals surface area (Å²) >= 11 is 0. The monoisotopic (exact) mass is 368 g/mol. The number of nitrogens with one attached hydrogen (secondary N) is 1. The van der Waals surface area contributed by atoms with Gasteiger partial charge in [-0.1, -0.05) is 60.7 Å². The summed E-state index contributed by atoms with van der Waals surface area (Å²) in [6.45, 7) is 1.63. The van der Waals surface area contributed by atoms with Crippen molar-refractivity contribution in [2.75, 3.05) is 13.1 Å². The molecular weight excluding hydrogens is 344 g/mol. The molecule has 0 aromatic heterocycles. The van der Waals surface area contributed by atoms with Gasteiger partial charge in [0.15, 0.2) is 0 Å². The molecule has 2 rings (SSSR count). The van der Waals surface area contributed by atoms with Gasteiger partial charge in [0.2, 0.25) is 11.8 Å². The van der Waals surface area contributed by atoms with Crippen molar-refractivity contribution in [3.05, 3.63) is 71.8 Å². The van der Waals surface area contributed by atoms with Crippen molar-refractivity contribution in [2.45, 2.75) is 25.8 Å². The van der Waals surface area contributed by atoms with Gasteiger partial charge in [0.25, 0.3) is 0 Å². The Morgan fingerprint density at radius 2 is 1.52 bits per heavy atom. The molecular formula is C21H24N2O4. The van der Waals surface area contributed by atoms with Crippen LogP contribution in [0, 0.1) is 0 Å². The molecule has 1 atom stereocenters. The third kappa shape index (κ3) is 6.93. The van der Waals surface area contributed by atoms with Gasteiger partial charge in [0.1, 0.15) is 6.04 Å². The van der Waals surface area contributed by atoms with Crippen molar-refractivity contribution in [1.29, 1.82) is 0 Å². The zero-order valence-corrected chi connectivity index (χ0v) is 15.3. The van der Waals surface area contributed by atoms with E-state index in [-0.39, 0.29) is 18.9 Å². The maximum absolute atomic E-state index is 12.3. The summed E-state index contributed by atoms with van der Waals surface area (Å²) < 4.78 is 0. The lowest BCUT2D eigenvalue weighted by Gasteiger charge is -2.22. The zero-order valence-electron chi connectivity index (χ0n) is 15.3. The second kappa shape index (κ2) is 10.1. The Bertz CT molecular complexity index is 762. The summed E-state index contributed by atoms with van der Waals surface area (Å²) in [5.74, 6) is -1.82. The second-order valence-corrected chi connectivity index (χ2v) is 6.32. The van der Waals surface area contributed by atoms with Crippen molar-refractivity contribution in [3.8, 4) is 0 Å². The number of rotatable bonds is 9. The van der Waals surface area contributed by atoms with Gasteiger partial charge < -0.3 is 15.3 Å². The van der Waals surface area contributed by atoms with E-state index in [1.54, 1.807) is 0 Å². The van der Waals surface area contributed by atoms with E-state index in [0.717, 1.165) is 11.1 Å². The Morgan fingerprint density at radius 1 is 0.963 bits per heavy atom. The normalized spacial score (nSPS) is 11.4. The number of carboxylic acid groups (broad SMARTS) is 1. The summed E-state index contributed by atoms with van der Waals surface area (Å²) in [5, 5.41) is 11.9. The van der Waals surface area contributed by atoms with Gasteiger partial charge in [0.05, 0.1) is 6.54 Å². The highest BCUT2D eigenvalue weighted by atomic mass is 16.4. The summed E-state index contributed by atoms with van der Waals surface area (Å²) in [6, 6.07) is 17.7. The number of nitrogens with zero attached hydrogens (tertiary/aromatic N) is 1. The standard InChI is InChI=1S/C21H24N2O4/c1-16(24)23(13-12-17-8-4-2-5-9-17)15-20(25)22-19(21(26)27)14-18-10-6-3-7-11-18/h2-11,19H,12-15H2,1H3,(H,22,25)(H,26,27). The molecule has 0 aliphatic heterocycles. The molecule has 6 heteroatoms. The van der Waals surface area contributed by atoms with Gasteiger partial charge >= 0.3 is 5.97 Å². The number of carbonyl (C=O) groups is 3. The van der Waals surface area contributed by atoms with Crippen LogP contribution < -0.4 is 5.32 Å². The molecule has 0 aliphatic carbocycles. The Labute approximate surface area is 158 Å². The number of benzene rings is 2. The molecule has 2 N–H and O–H groups in total. The van der Waals surface area contributed by atoms with Crippen LogP contribution in [0.15, 0.2) is 60.7 Å². The largest absolute Gasteiger partial charge is 0.480 e. The lowest BCUT2D eigenvalue weighted by atomic mass is 10.1. The zero-order chi connectivity index (χ0) is 19.6. The Balaban J connectivity index is 1.92. The Morgan fingerprint density at radius 3 is 2.04 bits per heavy atom. The van der Waals surface area contributed by atoms with Crippen molar-refractivity contribution in [2.24, 2.45) is 0 Å². The molecule has 0 radical (unpaired) electrons. The molecule has 2 amide bonds. The maximum atomic E-state index is 12.3. The van der Waals surface area contributed by atoms with Crippen molar-refractivity contribution in [1.82, 2.24) is 10.2 Å². The lowest BCUT2D eigenvalue weighted by Crippen LogP contribution is -2.47. The summed E-state index contributed by atoms with van der Waals surface area (Å²) in [4.78, 5) is 37.0. The van der Waals surface area contributed by atoms with Crippen LogP contribution in [0.3, 0.4) is 0 Å². The van der Waals surface area contributed by atoms with Gasteiger partial charge in [0, 0.05) is 19.9 Å². The van der Waals surface area contributed by atoms with E-state index in [2.05, 4.69) is 5.32 Å². The highest BCUT2D eigenvalue weighted by Crippen LogP contribution is 2.05. The smallest absolute Gasteiger partial charge is 0.326 e. The maximum Gasteiger partial charge on any atom is 0.326 e. The van der Waals surface area contributed by atoms with Crippen LogP contribution >= 0.6 is 0 Å². The first-order valence-corrected chi connectivity index (χ1v) is 8.81. The molecule has 0 spiro atoms. The highest BCUT2D eigenvalue weighted by Gasteiger charge is 2.22. The van der Waals surface area contributed by atoms with Crippen LogP contribution in [0.4, 0.5) is 0 Å². The topological polar surface area (TPSA) is 86.7 Å². The van der Waals surface area contributed by atoms with Crippen LogP contribution in [0.25, 0.3) is 0 Å². The van der Waals surface area contributed by atoms with E-state index in [9.17, 15) is 19.5 Å². The predicted molar refractivity (Wildman–Crippen MR) is 102 cm³/mol. The molecule has 0 aliphatic rings. The third-order valence-corrected chi connectivity index (χ3v) is 4.21. The fourth-order valence-electron chi connectivity index (χ4n) is 2.72. The molecule has 142 valence electrons. The number of hydrogen-bond acceptors (Lipinski definition) is 3. The van der Waals surface area contributed by atoms with Gasteiger partial charge in [-0.05, 0) is 17.5 Å². The summed E-state index contributed by atoms with van der Waals surface area (Å²) in [7, 11) is 0. The van der Waals surface area contributed by atoms with E-state index >= 15 is 0 Å². The van der Waals surface area contributed by atoms with Crippen LogP contribution in [0.1, 0.15) is 18.1 Å². The molecule has 0 saturated heterocycles. The summed E-state index contributed by atoms with van der Waals surface area (Å²) in [6.07, 6.45) is 0.812. The third-order valence-electron chi connectivity index (χ3n) is 4.21. The first kappa shape index (κ1) is 20.2. The van der Waals surface area contributed by atoms with E-state index in [4.69, 9.17) is 0 Å². The van der Waals surface area contributed by atoms with Crippen molar-refractivity contribution >= 4 is 17.8 Å². The van der Waals surface area contributed by atoms with Crippen LogP contribution in [-0.2, 0) is 27.2 Å². The molecule has 0 saturated carbocycles. The molecule has 0 fully saturated rings. The quantitative estimate of drug-likeness (QED) is 0.708. The molecule has 1 unspecified atom stereocenters. The number of carbonyl (C=O) groups excluding carboxylic acids is 2. The lowest BCUT2D eigenvalue weighted by molar-refractivity contribution is -0.142. The van der Waals surface area contributed by atoms with E-state index < -0.39 is 17.9 Å². The SMILES string of the molecule is CC(=O)N(CCc1ccccc1)CC(=O)NC(Cc1ccccc1)C(=O)O. The number of hydrogen-bond donors (Lipinski definition) is 2. The van der Waals surface area contributed by atoms with E-state index in [1.165, 1.54) is 11.8 Å². The van der Waals surface area contributed by atoms with E-state index in [0.29, 0.717) is 13.0 Å². The van der Waals surface area contributed by atoms with E-state index in [1.807, 2.05) is 60.7 Å².